The van der Waals surface area contributed by atoms with Gasteiger partial charge in [0.15, 0.2) is 5.69 Å². The third-order valence-corrected chi connectivity index (χ3v) is 4.26. The zero-order valence-corrected chi connectivity index (χ0v) is 13.5. The molecular formula is C17H17N3O2S. The van der Waals surface area contributed by atoms with Crippen molar-refractivity contribution in [1.82, 2.24) is 15.1 Å². The van der Waals surface area contributed by atoms with Crippen molar-refractivity contribution in [3.63, 3.8) is 0 Å². The summed E-state index contributed by atoms with van der Waals surface area (Å²) < 4.78 is 1.64. The van der Waals surface area contributed by atoms with Crippen molar-refractivity contribution in [2.45, 2.75) is 12.5 Å². The molecule has 2 N–H and O–H groups in total. The second-order valence-corrected chi connectivity index (χ2v) is 6.23. The molecule has 0 saturated carbocycles. The monoisotopic (exact) mass is 327 g/mol. The number of hydrogen-bond donors (Lipinski definition) is 2. The van der Waals surface area contributed by atoms with Crippen LogP contribution in [-0.2, 0) is 5.60 Å². The van der Waals surface area contributed by atoms with Crippen molar-refractivity contribution in [1.29, 1.82) is 0 Å². The third kappa shape index (κ3) is 3.49. The predicted octanol–water partition coefficient (Wildman–Crippen LogP) is 2.57. The number of rotatable bonds is 5. The molecule has 0 aliphatic rings. The highest BCUT2D eigenvalue weighted by Gasteiger charge is 2.24. The zero-order valence-electron chi connectivity index (χ0n) is 12.6. The average Bonchev–Trinajstić information content (AvgIpc) is 3.25. The molecule has 23 heavy (non-hydrogen) atoms. The molecule has 0 aliphatic heterocycles. The summed E-state index contributed by atoms with van der Waals surface area (Å²) in [6.07, 6.45) is 1.74. The maximum Gasteiger partial charge on any atom is 0.271 e. The van der Waals surface area contributed by atoms with E-state index in [1.807, 2.05) is 47.2 Å². The van der Waals surface area contributed by atoms with Crippen molar-refractivity contribution in [3.8, 4) is 5.69 Å². The highest BCUT2D eigenvalue weighted by molar-refractivity contribution is 7.08. The van der Waals surface area contributed by atoms with E-state index in [0.29, 0.717) is 5.69 Å². The van der Waals surface area contributed by atoms with Gasteiger partial charge in [0.2, 0.25) is 0 Å². The highest BCUT2D eigenvalue weighted by atomic mass is 32.1. The van der Waals surface area contributed by atoms with Crippen molar-refractivity contribution in [3.05, 3.63) is 70.7 Å². The van der Waals surface area contributed by atoms with Gasteiger partial charge in [-0.1, -0.05) is 18.2 Å². The summed E-state index contributed by atoms with van der Waals surface area (Å²) in [5, 5.41) is 21.2. The van der Waals surface area contributed by atoms with Gasteiger partial charge in [-0.15, -0.1) is 0 Å². The number of nitrogens with zero attached hydrogens (tertiary/aromatic N) is 2. The fraction of sp³-hybridized carbons (Fsp3) is 0.176. The van der Waals surface area contributed by atoms with Crippen LogP contribution in [0.4, 0.5) is 0 Å². The second-order valence-electron chi connectivity index (χ2n) is 5.45. The number of aliphatic hydroxyl groups is 1. The fourth-order valence-corrected chi connectivity index (χ4v) is 2.97. The van der Waals surface area contributed by atoms with Crippen LogP contribution in [-0.4, -0.2) is 27.3 Å². The molecule has 3 rings (SSSR count). The summed E-state index contributed by atoms with van der Waals surface area (Å²) >= 11 is 1.51. The summed E-state index contributed by atoms with van der Waals surface area (Å²) in [6, 6.07) is 13.1. The van der Waals surface area contributed by atoms with E-state index in [1.54, 1.807) is 23.9 Å². The minimum absolute atomic E-state index is 0.126. The second kappa shape index (κ2) is 6.36. The van der Waals surface area contributed by atoms with Crippen LogP contribution in [0.3, 0.4) is 0 Å². The number of nitrogens with one attached hydrogen (secondary N) is 1. The van der Waals surface area contributed by atoms with Crippen LogP contribution in [0.15, 0.2) is 59.4 Å². The van der Waals surface area contributed by atoms with Crippen molar-refractivity contribution >= 4 is 17.2 Å². The molecule has 0 bridgehead atoms. The molecule has 118 valence electrons. The molecule has 1 aromatic carbocycles. The first kappa shape index (κ1) is 15.5. The molecular weight excluding hydrogens is 310 g/mol. The lowest BCUT2D eigenvalue weighted by molar-refractivity contribution is 0.0528. The summed E-state index contributed by atoms with van der Waals surface area (Å²) in [7, 11) is 0. The number of para-hydroxylation sites is 1. The van der Waals surface area contributed by atoms with E-state index in [2.05, 4.69) is 10.4 Å². The van der Waals surface area contributed by atoms with Gasteiger partial charge >= 0.3 is 0 Å². The molecule has 0 fully saturated rings. The summed E-state index contributed by atoms with van der Waals surface area (Å²) in [4.78, 5) is 12.2. The number of carbonyl (C=O) groups excluding carboxylic acids is 1. The SMILES string of the molecule is CC(O)(CNC(=O)c1ccn(-c2ccccc2)n1)c1ccsc1. The molecule has 1 unspecified atom stereocenters. The molecule has 0 saturated heterocycles. The van der Waals surface area contributed by atoms with Crippen molar-refractivity contribution in [2.75, 3.05) is 6.54 Å². The first-order valence-corrected chi connectivity index (χ1v) is 8.15. The molecule has 6 heteroatoms. The van der Waals surface area contributed by atoms with Gasteiger partial charge in [0, 0.05) is 6.20 Å². The van der Waals surface area contributed by atoms with Crippen LogP contribution in [0.2, 0.25) is 0 Å². The Morgan fingerprint density at radius 1 is 1.30 bits per heavy atom. The molecule has 1 atom stereocenters. The van der Waals surface area contributed by atoms with Crippen LogP contribution >= 0.6 is 11.3 Å². The lowest BCUT2D eigenvalue weighted by Gasteiger charge is -2.22. The van der Waals surface area contributed by atoms with Crippen LogP contribution in [0.25, 0.3) is 5.69 Å². The summed E-state index contributed by atoms with van der Waals surface area (Å²) in [5.41, 5.74) is 0.891. The zero-order chi connectivity index (χ0) is 16.3. The number of benzene rings is 1. The topological polar surface area (TPSA) is 67.2 Å². The molecule has 0 aliphatic carbocycles. The average molecular weight is 327 g/mol. The molecule has 0 spiro atoms. The lowest BCUT2D eigenvalue weighted by Crippen LogP contribution is -2.38. The Morgan fingerprint density at radius 2 is 2.09 bits per heavy atom. The van der Waals surface area contributed by atoms with Crippen LogP contribution in [0.1, 0.15) is 23.0 Å². The predicted molar refractivity (Wildman–Crippen MR) is 89.8 cm³/mol. The number of carbonyl (C=O) groups is 1. The summed E-state index contributed by atoms with van der Waals surface area (Å²) in [6.45, 7) is 1.80. The van der Waals surface area contributed by atoms with Crippen molar-refractivity contribution in [2.24, 2.45) is 0 Å². The third-order valence-electron chi connectivity index (χ3n) is 3.58. The van der Waals surface area contributed by atoms with Crippen LogP contribution in [0, 0.1) is 0 Å². The van der Waals surface area contributed by atoms with E-state index in [4.69, 9.17) is 0 Å². The van der Waals surface area contributed by atoms with Gasteiger partial charge in [0.25, 0.3) is 5.91 Å². The quantitative estimate of drug-likeness (QED) is 0.757. The molecule has 2 heterocycles. The molecule has 5 nitrogen and oxygen atoms in total. The molecule has 3 aromatic rings. The Labute approximate surface area is 138 Å². The number of amides is 1. The van der Waals surface area contributed by atoms with E-state index in [1.165, 1.54) is 11.3 Å². The molecule has 2 aromatic heterocycles. The minimum Gasteiger partial charge on any atom is -0.384 e. The first-order valence-electron chi connectivity index (χ1n) is 7.21. The van der Waals surface area contributed by atoms with Gasteiger partial charge in [-0.2, -0.15) is 16.4 Å². The Hall–Kier alpha value is -2.44. The minimum atomic E-state index is -1.10. The van der Waals surface area contributed by atoms with E-state index in [9.17, 15) is 9.90 Å². The maximum absolute atomic E-state index is 12.2. The van der Waals surface area contributed by atoms with E-state index in [-0.39, 0.29) is 12.5 Å². The van der Waals surface area contributed by atoms with Crippen molar-refractivity contribution < 1.29 is 9.90 Å². The Bertz CT molecular complexity index is 779. The van der Waals surface area contributed by atoms with Crippen LogP contribution < -0.4 is 5.32 Å². The van der Waals surface area contributed by atoms with Gasteiger partial charge in [-0.05, 0) is 47.5 Å². The summed E-state index contributed by atoms with van der Waals surface area (Å²) in [5.74, 6) is -0.310. The van der Waals surface area contributed by atoms with Gasteiger partial charge in [0.1, 0.15) is 5.60 Å². The van der Waals surface area contributed by atoms with E-state index >= 15 is 0 Å². The van der Waals surface area contributed by atoms with Gasteiger partial charge < -0.3 is 10.4 Å². The first-order chi connectivity index (χ1) is 11.1. The van der Waals surface area contributed by atoms with E-state index < -0.39 is 5.60 Å². The number of hydrogen-bond acceptors (Lipinski definition) is 4. The van der Waals surface area contributed by atoms with Gasteiger partial charge in [-0.25, -0.2) is 4.68 Å². The lowest BCUT2D eigenvalue weighted by atomic mass is 9.99. The highest BCUT2D eigenvalue weighted by Crippen LogP contribution is 2.22. The van der Waals surface area contributed by atoms with Gasteiger partial charge in [0.05, 0.1) is 12.2 Å². The Balaban J connectivity index is 1.66. The Morgan fingerprint density at radius 3 is 2.78 bits per heavy atom. The molecule has 1 amide bonds. The number of aromatic nitrogens is 2. The smallest absolute Gasteiger partial charge is 0.271 e. The molecule has 0 radical (unpaired) electrons. The van der Waals surface area contributed by atoms with Gasteiger partial charge in [-0.3, -0.25) is 4.79 Å². The number of thiophene rings is 1. The van der Waals surface area contributed by atoms with Crippen LogP contribution in [0.5, 0.6) is 0 Å². The maximum atomic E-state index is 12.2. The largest absolute Gasteiger partial charge is 0.384 e. The standard InChI is InChI=1S/C17H17N3O2S/c1-17(22,13-8-10-23-11-13)12-18-16(21)15-7-9-20(19-15)14-5-3-2-4-6-14/h2-11,22H,12H2,1H3,(H,18,21). The van der Waals surface area contributed by atoms with E-state index in [0.717, 1.165) is 11.3 Å². The Kier molecular flexibility index (Phi) is 4.27. The normalized spacial score (nSPS) is 13.5. The fourth-order valence-electron chi connectivity index (χ4n) is 2.19.